The van der Waals surface area contributed by atoms with Gasteiger partial charge in [0.2, 0.25) is 20.0 Å². The molecular formula is C11H21F13N4O8S4. The molecule has 0 amide bonds. The number of sulfonamides is 4. The smallest absolute Gasteiger partial charge is 0.218 e. The lowest BCUT2D eigenvalue weighted by molar-refractivity contribution is -0.271. The molecule has 0 unspecified atom stereocenters. The number of nitrogens with one attached hydrogen (secondary N) is 4. The highest BCUT2D eigenvalue weighted by atomic mass is 32.2. The molecule has 40 heavy (non-hydrogen) atoms. The van der Waals surface area contributed by atoms with Gasteiger partial charge in [-0.25, -0.2) is 52.6 Å². The van der Waals surface area contributed by atoms with Crippen molar-refractivity contribution in [3.63, 3.8) is 0 Å². The van der Waals surface area contributed by atoms with Gasteiger partial charge in [0.1, 0.15) is 5.75 Å². The van der Waals surface area contributed by atoms with Crippen molar-refractivity contribution in [3.8, 4) is 0 Å². The Morgan fingerprint density at radius 2 is 0.875 bits per heavy atom. The molecule has 0 rings (SSSR count). The van der Waals surface area contributed by atoms with Crippen molar-refractivity contribution >= 4 is 40.1 Å². The van der Waals surface area contributed by atoms with E-state index in [1.165, 1.54) is 9.44 Å². The number of hydrogen-bond acceptors (Lipinski definition) is 8. The maximum absolute atomic E-state index is 12.1. The van der Waals surface area contributed by atoms with Crippen LogP contribution in [0.1, 0.15) is 0 Å². The van der Waals surface area contributed by atoms with Crippen LogP contribution < -0.4 is 18.9 Å². The van der Waals surface area contributed by atoms with Gasteiger partial charge in [-0.1, -0.05) is 0 Å². The summed E-state index contributed by atoms with van der Waals surface area (Å²) < 4.78 is 234. The Bertz CT molecular complexity index is 1160. The molecule has 0 fully saturated rings. The maximum atomic E-state index is 12.1. The Hall–Kier alpha value is -1.27. The fraction of sp³-hybridized carbons (Fsp3) is 1.00. The third-order valence-corrected chi connectivity index (χ3v) is 7.73. The molecule has 0 aliphatic rings. The fourth-order valence-electron chi connectivity index (χ4n) is 0.885. The van der Waals surface area contributed by atoms with Crippen molar-refractivity contribution in [1.29, 1.82) is 0 Å². The number of alkyl halides is 13. The number of halogens is 13. The van der Waals surface area contributed by atoms with Crippen LogP contribution in [-0.2, 0) is 40.1 Å². The highest BCUT2D eigenvalue weighted by molar-refractivity contribution is 7.90. The molecule has 0 aromatic carbocycles. The predicted molar refractivity (Wildman–Crippen MR) is 111 cm³/mol. The lowest BCUT2D eigenvalue weighted by Gasteiger charge is -2.18. The summed E-state index contributed by atoms with van der Waals surface area (Å²) in [5, 5.41) is 0. The first kappa shape index (κ1) is 45.7. The Kier molecular flexibility index (Phi) is 18.7. The van der Waals surface area contributed by atoms with Gasteiger partial charge >= 0.3 is 39.6 Å². The zero-order valence-corrected chi connectivity index (χ0v) is 23.1. The largest absolute Gasteiger partial charge is 0.511 e. The average molecular weight is 713 g/mol. The molecule has 0 aliphatic carbocycles. The van der Waals surface area contributed by atoms with Gasteiger partial charge in [-0.2, -0.15) is 57.1 Å². The summed E-state index contributed by atoms with van der Waals surface area (Å²) in [5.41, 5.74) is -5.19. The summed E-state index contributed by atoms with van der Waals surface area (Å²) in [6.07, 6.45) is -10.5. The Morgan fingerprint density at radius 3 is 0.975 bits per heavy atom. The summed E-state index contributed by atoms with van der Waals surface area (Å²) in [6, 6.07) is 0. The molecule has 12 nitrogen and oxygen atoms in total. The normalized spacial score (nSPS) is 13.8. The zero-order chi connectivity index (χ0) is 33.8. The molecule has 0 bridgehead atoms. The van der Waals surface area contributed by atoms with Crippen molar-refractivity contribution in [2.75, 3.05) is 39.7 Å². The van der Waals surface area contributed by atoms with E-state index in [4.69, 9.17) is 0 Å². The lowest BCUT2D eigenvalue weighted by Crippen LogP contribution is -2.45. The van der Waals surface area contributed by atoms with Crippen molar-refractivity contribution in [2.45, 2.75) is 29.5 Å². The van der Waals surface area contributed by atoms with E-state index in [2.05, 4.69) is 0 Å². The summed E-state index contributed by atoms with van der Waals surface area (Å²) >= 11 is 0. The van der Waals surface area contributed by atoms with Gasteiger partial charge in [0.05, 0.1) is 0 Å². The van der Waals surface area contributed by atoms with Crippen molar-refractivity contribution < 1.29 is 90.7 Å². The van der Waals surface area contributed by atoms with E-state index < -0.39 is 81.1 Å². The van der Waals surface area contributed by atoms with Crippen LogP contribution in [0.5, 0.6) is 0 Å². The SMILES string of the molecule is CNS(=O)(=O)C(F)(F)F.CNS(=O)(=O)C(F)F.CNS(=O)(=O)CC(F)(F)C(F)(F)F.CNS(=O)(=O)CC(F)(F)F. The second-order valence-electron chi connectivity index (χ2n) is 5.91. The van der Waals surface area contributed by atoms with Crippen molar-refractivity contribution in [2.24, 2.45) is 0 Å². The molecule has 4 N–H and O–H groups in total. The van der Waals surface area contributed by atoms with Crippen LogP contribution in [-0.4, -0.2) is 103 Å². The first-order chi connectivity index (χ1) is 17.1. The Morgan fingerprint density at radius 1 is 0.550 bits per heavy atom. The molecule has 0 atom stereocenters. The van der Waals surface area contributed by atoms with Crippen LogP contribution in [0.2, 0.25) is 0 Å². The van der Waals surface area contributed by atoms with Crippen LogP contribution >= 0.6 is 0 Å². The molecule has 0 radical (unpaired) electrons. The minimum absolute atomic E-state index is 0.697. The van der Waals surface area contributed by atoms with Crippen molar-refractivity contribution in [1.82, 2.24) is 18.9 Å². The fourth-order valence-corrected chi connectivity index (χ4v) is 2.66. The quantitative estimate of drug-likeness (QED) is 0.265. The van der Waals surface area contributed by atoms with E-state index in [1.807, 2.05) is 0 Å². The monoisotopic (exact) mass is 712 g/mol. The van der Waals surface area contributed by atoms with Gasteiger partial charge in [-0.3, -0.25) is 0 Å². The molecule has 0 saturated heterocycles. The van der Waals surface area contributed by atoms with Gasteiger partial charge in [-0.05, 0) is 28.2 Å². The average Bonchev–Trinajstić information content (AvgIpc) is 2.71. The highest BCUT2D eigenvalue weighted by Gasteiger charge is 2.59. The van der Waals surface area contributed by atoms with E-state index in [-0.39, 0.29) is 0 Å². The molecule has 0 heterocycles. The minimum atomic E-state index is -5.85. The second kappa shape index (κ2) is 16.4. The Balaban J connectivity index is -0.000000220. The van der Waals surface area contributed by atoms with Gasteiger partial charge in [-0.15, -0.1) is 0 Å². The molecule has 0 saturated carbocycles. The maximum Gasteiger partial charge on any atom is 0.511 e. The van der Waals surface area contributed by atoms with Crippen LogP contribution in [0, 0.1) is 0 Å². The number of rotatable bonds is 8. The van der Waals surface area contributed by atoms with E-state index in [9.17, 15) is 90.7 Å². The third-order valence-electron chi connectivity index (χ3n) is 2.85. The number of hydrogen-bond donors (Lipinski definition) is 4. The summed E-state index contributed by atoms with van der Waals surface area (Å²) in [5.74, 6) is -12.7. The first-order valence-electron chi connectivity index (χ1n) is 8.64. The molecule has 248 valence electrons. The van der Waals surface area contributed by atoms with Crippen LogP contribution in [0.4, 0.5) is 57.1 Å². The summed E-state index contributed by atoms with van der Waals surface area (Å²) in [4.78, 5) is 0. The van der Waals surface area contributed by atoms with E-state index in [1.54, 1.807) is 4.72 Å². The van der Waals surface area contributed by atoms with Crippen LogP contribution in [0.15, 0.2) is 0 Å². The molecule has 29 heteroatoms. The van der Waals surface area contributed by atoms with E-state index in [0.29, 0.717) is 7.05 Å². The molecule has 0 spiro atoms. The molecule has 0 aromatic rings. The third kappa shape index (κ3) is 21.5. The summed E-state index contributed by atoms with van der Waals surface area (Å²) in [6.45, 7) is 0. The predicted octanol–water partition coefficient (Wildman–Crippen LogP) is 0.645. The lowest BCUT2D eigenvalue weighted by atomic mass is 10.4. The van der Waals surface area contributed by atoms with E-state index in [0.717, 1.165) is 25.9 Å². The standard InChI is InChI=1S/C4H6F5NO2S.C3H6F3NO2S.C2H4F3NO2S.C2H5F2NO2S/c1-10-13(11,12)2-3(5,6)4(7,8)9;1-7-10(8,9)2-3(4,5)6;1-6-9(7,8)2(3,4)5;1-5-8(6,7)2(3)4/h10H,2H2,1H3;7H,2H2,1H3;6H,1H3;2,5H,1H3. The first-order valence-corrected chi connectivity index (χ1v) is 15.0. The second-order valence-corrected chi connectivity index (χ2v) is 13.5. The zero-order valence-electron chi connectivity index (χ0n) is 19.8. The van der Waals surface area contributed by atoms with Gasteiger partial charge in [0.25, 0.3) is 10.0 Å². The van der Waals surface area contributed by atoms with Crippen LogP contribution in [0.3, 0.4) is 0 Å². The van der Waals surface area contributed by atoms with Gasteiger partial charge in [0, 0.05) is 0 Å². The van der Waals surface area contributed by atoms with Gasteiger partial charge in [0.15, 0.2) is 5.75 Å². The van der Waals surface area contributed by atoms with Gasteiger partial charge < -0.3 is 0 Å². The summed E-state index contributed by atoms with van der Waals surface area (Å²) in [7, 11) is -14.8. The molecule has 0 aliphatic heterocycles. The molecule has 0 aromatic heterocycles. The topological polar surface area (TPSA) is 185 Å². The van der Waals surface area contributed by atoms with Crippen LogP contribution in [0.25, 0.3) is 0 Å². The minimum Gasteiger partial charge on any atom is -0.218 e. The van der Waals surface area contributed by atoms with E-state index >= 15 is 0 Å². The Labute approximate surface area is 219 Å². The highest BCUT2D eigenvalue weighted by Crippen LogP contribution is 2.36. The molecular weight excluding hydrogens is 691 g/mol. The van der Waals surface area contributed by atoms with Crippen molar-refractivity contribution in [3.05, 3.63) is 0 Å².